The Morgan fingerprint density at radius 2 is 1.70 bits per heavy atom. The maximum atomic E-state index is 12.7. The van der Waals surface area contributed by atoms with Gasteiger partial charge in [0.25, 0.3) is 0 Å². The van der Waals surface area contributed by atoms with Crippen LogP contribution >= 0.6 is 0 Å². The molecule has 3 rings (SSSR count). The first kappa shape index (κ1) is 21.9. The molecule has 30 heavy (non-hydrogen) atoms. The van der Waals surface area contributed by atoms with Crippen molar-refractivity contribution in [2.24, 2.45) is 5.92 Å². The van der Waals surface area contributed by atoms with Gasteiger partial charge in [0.2, 0.25) is 0 Å². The van der Waals surface area contributed by atoms with E-state index >= 15 is 0 Å². The fraction of sp³-hybridized carbons (Fsp3) is 0.370. The topological polar surface area (TPSA) is 33.5 Å². The molecule has 0 radical (unpaired) electrons. The van der Waals surface area contributed by atoms with E-state index < -0.39 is 0 Å². The van der Waals surface area contributed by atoms with E-state index in [1.807, 2.05) is 18.2 Å². The maximum absolute atomic E-state index is 12.7. The van der Waals surface area contributed by atoms with Crippen LogP contribution in [-0.2, 0) is 0 Å². The number of nitrogens with zero attached hydrogens (tertiary/aromatic N) is 1. The largest absolute Gasteiger partial charge is 0.422 e. The molecule has 0 fully saturated rings. The Kier molecular flexibility index (Phi) is 7.51. The molecule has 1 heterocycles. The summed E-state index contributed by atoms with van der Waals surface area (Å²) >= 11 is 0. The third-order valence-corrected chi connectivity index (χ3v) is 5.88. The van der Waals surface area contributed by atoms with Crippen LogP contribution in [0.2, 0.25) is 0 Å². The predicted octanol–water partition coefficient (Wildman–Crippen LogP) is 6.87. The summed E-state index contributed by atoms with van der Waals surface area (Å²) in [4.78, 5) is 14.9. The van der Waals surface area contributed by atoms with Gasteiger partial charge in [0.05, 0.1) is 0 Å². The summed E-state index contributed by atoms with van der Waals surface area (Å²) in [7, 11) is 0. The van der Waals surface area contributed by atoms with Gasteiger partial charge in [0.1, 0.15) is 5.58 Å². The molecule has 0 aliphatic rings. The SMILES string of the molecule is CCN(CC)c1ccc2cc(C(C)CCC(C)/C=C/c3ccccc3)c(=O)oc2c1. The number of fused-ring (bicyclic) bond motifs is 1. The summed E-state index contributed by atoms with van der Waals surface area (Å²) in [5.41, 5.74) is 3.54. The van der Waals surface area contributed by atoms with E-state index in [1.54, 1.807) is 0 Å². The highest BCUT2D eigenvalue weighted by molar-refractivity contribution is 5.81. The first-order valence-corrected chi connectivity index (χ1v) is 11.1. The lowest BCUT2D eigenvalue weighted by atomic mass is 9.92. The van der Waals surface area contributed by atoms with Crippen molar-refractivity contribution in [3.8, 4) is 0 Å². The lowest BCUT2D eigenvalue weighted by molar-refractivity contribution is 0.511. The molecule has 1 aromatic heterocycles. The van der Waals surface area contributed by atoms with Crippen molar-refractivity contribution in [2.75, 3.05) is 18.0 Å². The summed E-state index contributed by atoms with van der Waals surface area (Å²) < 4.78 is 5.71. The number of allylic oxidation sites excluding steroid dienone is 1. The second kappa shape index (κ2) is 10.3. The highest BCUT2D eigenvalue weighted by atomic mass is 16.4. The quantitative estimate of drug-likeness (QED) is 0.365. The van der Waals surface area contributed by atoms with Crippen molar-refractivity contribution in [3.63, 3.8) is 0 Å². The van der Waals surface area contributed by atoms with Gasteiger partial charge < -0.3 is 9.32 Å². The van der Waals surface area contributed by atoms with Crippen LogP contribution in [0.1, 0.15) is 57.6 Å². The number of rotatable bonds is 9. The molecule has 0 N–H and O–H groups in total. The maximum Gasteiger partial charge on any atom is 0.339 e. The first-order valence-electron chi connectivity index (χ1n) is 11.1. The molecule has 0 bridgehead atoms. The molecule has 2 aromatic carbocycles. The standard InChI is InChI=1S/C27H33NO2/c1-5-28(6-2)24-17-16-23-18-25(27(29)30-26(23)19-24)21(4)14-12-20(3)13-15-22-10-8-7-9-11-22/h7-11,13,15-21H,5-6,12,14H2,1-4H3/b15-13+. The van der Waals surface area contributed by atoms with Gasteiger partial charge in [-0.05, 0) is 62.3 Å². The average molecular weight is 404 g/mol. The summed E-state index contributed by atoms with van der Waals surface area (Å²) in [5, 5.41) is 0.990. The van der Waals surface area contributed by atoms with Gasteiger partial charge in [0, 0.05) is 35.8 Å². The van der Waals surface area contributed by atoms with Crippen molar-refractivity contribution in [1.29, 1.82) is 0 Å². The Balaban J connectivity index is 1.69. The van der Waals surface area contributed by atoms with Gasteiger partial charge in [-0.1, -0.05) is 56.3 Å². The monoisotopic (exact) mass is 403 g/mol. The molecule has 3 heteroatoms. The van der Waals surface area contributed by atoms with Gasteiger partial charge in [-0.3, -0.25) is 0 Å². The molecule has 0 amide bonds. The van der Waals surface area contributed by atoms with Crippen molar-refractivity contribution >= 4 is 22.7 Å². The van der Waals surface area contributed by atoms with Crippen molar-refractivity contribution in [3.05, 3.63) is 82.2 Å². The number of hydrogen-bond acceptors (Lipinski definition) is 3. The second-order valence-corrected chi connectivity index (χ2v) is 8.11. The van der Waals surface area contributed by atoms with E-state index in [1.165, 1.54) is 5.56 Å². The third-order valence-electron chi connectivity index (χ3n) is 5.88. The minimum atomic E-state index is -0.209. The Morgan fingerprint density at radius 1 is 0.967 bits per heavy atom. The van der Waals surface area contributed by atoms with E-state index in [2.05, 4.69) is 81.1 Å². The minimum Gasteiger partial charge on any atom is -0.422 e. The fourth-order valence-electron chi connectivity index (χ4n) is 3.85. The van der Waals surface area contributed by atoms with Gasteiger partial charge in [-0.2, -0.15) is 0 Å². The first-order chi connectivity index (χ1) is 14.5. The van der Waals surface area contributed by atoms with Crippen LogP contribution in [0.3, 0.4) is 0 Å². The van der Waals surface area contributed by atoms with Crippen LogP contribution in [0.4, 0.5) is 5.69 Å². The van der Waals surface area contributed by atoms with Crippen molar-refractivity contribution in [1.82, 2.24) is 0 Å². The third kappa shape index (κ3) is 5.41. The van der Waals surface area contributed by atoms with Crippen LogP contribution in [0.25, 0.3) is 17.0 Å². The molecule has 3 nitrogen and oxygen atoms in total. The zero-order valence-corrected chi connectivity index (χ0v) is 18.6. The summed E-state index contributed by atoms with van der Waals surface area (Å²) in [6.45, 7) is 10.5. The molecule has 3 aromatic rings. The van der Waals surface area contributed by atoms with Crippen LogP contribution in [0.15, 0.2) is 69.9 Å². The smallest absolute Gasteiger partial charge is 0.339 e. The molecule has 0 spiro atoms. The second-order valence-electron chi connectivity index (χ2n) is 8.11. The number of anilines is 1. The van der Waals surface area contributed by atoms with Gasteiger partial charge in [-0.25, -0.2) is 4.79 Å². The van der Waals surface area contributed by atoms with Crippen LogP contribution < -0.4 is 10.5 Å². The summed E-state index contributed by atoms with van der Waals surface area (Å²) in [6, 6.07) is 18.5. The van der Waals surface area contributed by atoms with E-state index in [0.29, 0.717) is 11.5 Å². The normalized spacial score (nSPS) is 13.6. The van der Waals surface area contributed by atoms with Crippen LogP contribution in [-0.4, -0.2) is 13.1 Å². The van der Waals surface area contributed by atoms with Gasteiger partial charge in [-0.15, -0.1) is 0 Å². The molecule has 0 aliphatic heterocycles. The molecule has 158 valence electrons. The fourth-order valence-corrected chi connectivity index (χ4v) is 3.85. The summed E-state index contributed by atoms with van der Waals surface area (Å²) in [6.07, 6.45) is 6.41. The average Bonchev–Trinajstić information content (AvgIpc) is 2.77. The van der Waals surface area contributed by atoms with Crippen LogP contribution in [0.5, 0.6) is 0 Å². The van der Waals surface area contributed by atoms with Gasteiger partial charge in [0.15, 0.2) is 0 Å². The lowest BCUT2D eigenvalue weighted by Crippen LogP contribution is -2.21. The zero-order chi connectivity index (χ0) is 21.5. The molecule has 0 saturated carbocycles. The Labute approximate surface area is 180 Å². The van der Waals surface area contributed by atoms with E-state index in [4.69, 9.17) is 4.42 Å². The van der Waals surface area contributed by atoms with Crippen molar-refractivity contribution in [2.45, 2.75) is 46.5 Å². The lowest BCUT2D eigenvalue weighted by Gasteiger charge is -2.21. The molecular formula is C27H33NO2. The number of benzene rings is 2. The highest BCUT2D eigenvalue weighted by Gasteiger charge is 2.15. The van der Waals surface area contributed by atoms with Gasteiger partial charge >= 0.3 is 5.63 Å². The zero-order valence-electron chi connectivity index (χ0n) is 18.6. The van der Waals surface area contributed by atoms with Crippen LogP contribution in [0, 0.1) is 5.92 Å². The molecule has 2 atom stereocenters. The van der Waals surface area contributed by atoms with E-state index in [0.717, 1.165) is 42.6 Å². The van der Waals surface area contributed by atoms with E-state index in [9.17, 15) is 4.79 Å². The Bertz CT molecular complexity index is 1030. The van der Waals surface area contributed by atoms with Crippen molar-refractivity contribution < 1.29 is 4.42 Å². The number of hydrogen-bond donors (Lipinski definition) is 0. The molecular weight excluding hydrogens is 370 g/mol. The predicted molar refractivity (Wildman–Crippen MR) is 128 cm³/mol. The Hall–Kier alpha value is -2.81. The molecule has 0 aliphatic carbocycles. The van der Waals surface area contributed by atoms with E-state index in [-0.39, 0.29) is 11.5 Å². The summed E-state index contributed by atoms with van der Waals surface area (Å²) in [5.74, 6) is 0.623. The molecule has 0 saturated heterocycles. The Morgan fingerprint density at radius 3 is 2.40 bits per heavy atom. The minimum absolute atomic E-state index is 0.167. The highest BCUT2D eigenvalue weighted by Crippen LogP contribution is 2.26. The molecule has 2 unspecified atom stereocenters.